The number of hydrogen-bond donors (Lipinski definition) is 0. The smallest absolute Gasteiger partial charge is 0.410 e. The summed E-state index contributed by atoms with van der Waals surface area (Å²) in [6.07, 6.45) is 1.92. The summed E-state index contributed by atoms with van der Waals surface area (Å²) in [6, 6.07) is 10.6. The van der Waals surface area contributed by atoms with Crippen molar-refractivity contribution in [2.75, 3.05) is 26.2 Å². The number of hydrogen-bond acceptors (Lipinski definition) is 3. The summed E-state index contributed by atoms with van der Waals surface area (Å²) in [5.74, 6) is 0. The Balaban J connectivity index is 1.56. The molecule has 1 aliphatic heterocycles. The molecule has 0 radical (unpaired) electrons. The zero-order chi connectivity index (χ0) is 16.4. The van der Waals surface area contributed by atoms with Crippen LogP contribution in [0.5, 0.6) is 0 Å². The molecule has 1 amide bonds. The number of carbonyl (C=O) groups excluding carboxylic acids is 1. The summed E-state index contributed by atoms with van der Waals surface area (Å²) in [6.45, 7) is 9.73. The van der Waals surface area contributed by atoms with Crippen molar-refractivity contribution in [3.8, 4) is 0 Å². The lowest BCUT2D eigenvalue weighted by Gasteiger charge is -2.35. The van der Waals surface area contributed by atoms with Gasteiger partial charge in [-0.2, -0.15) is 0 Å². The topological polar surface area (TPSA) is 37.7 Å². The van der Waals surface area contributed by atoms with Crippen LogP contribution in [0.2, 0.25) is 0 Å². The minimum absolute atomic E-state index is 0.205. The highest BCUT2D eigenvalue weighted by molar-refractivity contribution is 5.79. The minimum atomic E-state index is -0.432. The Morgan fingerprint density at radius 1 is 1.09 bits per heavy atom. The van der Waals surface area contributed by atoms with Crippen molar-refractivity contribution < 1.29 is 9.53 Å². The van der Waals surface area contributed by atoms with Crippen LogP contribution in [0.15, 0.2) is 36.5 Å². The van der Waals surface area contributed by atoms with Gasteiger partial charge < -0.3 is 14.2 Å². The van der Waals surface area contributed by atoms with Gasteiger partial charge in [-0.15, -0.1) is 0 Å². The standard InChI is InChI=1S/C18H25N3O2/c1-18(2,3)23-17(22)20-12-10-19(11-13-20)14-21-9-8-15-6-4-5-7-16(15)21/h4-9H,10-14H2,1-3H3. The first-order valence-corrected chi connectivity index (χ1v) is 8.16. The van der Waals surface area contributed by atoms with Crippen LogP contribution in [0.3, 0.4) is 0 Å². The van der Waals surface area contributed by atoms with Crippen LogP contribution < -0.4 is 0 Å². The molecule has 1 aliphatic rings. The molecule has 0 spiro atoms. The van der Waals surface area contributed by atoms with Crippen molar-refractivity contribution >= 4 is 17.0 Å². The van der Waals surface area contributed by atoms with E-state index in [1.165, 1.54) is 10.9 Å². The number of aromatic nitrogens is 1. The quantitative estimate of drug-likeness (QED) is 0.854. The van der Waals surface area contributed by atoms with Crippen LogP contribution in [0, 0.1) is 0 Å². The van der Waals surface area contributed by atoms with Gasteiger partial charge in [0, 0.05) is 37.9 Å². The molecule has 1 aromatic carbocycles. The molecule has 2 aromatic rings. The summed E-state index contributed by atoms with van der Waals surface area (Å²) in [7, 11) is 0. The van der Waals surface area contributed by atoms with Gasteiger partial charge in [0.2, 0.25) is 0 Å². The highest BCUT2D eigenvalue weighted by Crippen LogP contribution is 2.17. The second kappa shape index (κ2) is 6.24. The van der Waals surface area contributed by atoms with Gasteiger partial charge in [0.15, 0.2) is 0 Å². The molecule has 0 unspecified atom stereocenters. The number of benzene rings is 1. The molecule has 124 valence electrons. The molecule has 0 bridgehead atoms. The maximum atomic E-state index is 12.1. The molecule has 0 atom stereocenters. The average molecular weight is 315 g/mol. The molecule has 0 N–H and O–H groups in total. The molecular weight excluding hydrogens is 290 g/mol. The molecule has 1 saturated heterocycles. The van der Waals surface area contributed by atoms with Crippen molar-refractivity contribution in [2.45, 2.75) is 33.0 Å². The maximum Gasteiger partial charge on any atom is 0.410 e. The summed E-state index contributed by atoms with van der Waals surface area (Å²) in [4.78, 5) is 16.3. The van der Waals surface area contributed by atoms with Crippen molar-refractivity contribution in [3.63, 3.8) is 0 Å². The van der Waals surface area contributed by atoms with Gasteiger partial charge in [0.25, 0.3) is 0 Å². The first-order chi connectivity index (χ1) is 10.9. The average Bonchev–Trinajstić information content (AvgIpc) is 2.90. The van der Waals surface area contributed by atoms with E-state index in [4.69, 9.17) is 4.74 Å². The van der Waals surface area contributed by atoms with Crippen molar-refractivity contribution in [3.05, 3.63) is 36.5 Å². The van der Waals surface area contributed by atoms with E-state index < -0.39 is 5.60 Å². The van der Waals surface area contributed by atoms with E-state index in [1.54, 1.807) is 4.90 Å². The van der Waals surface area contributed by atoms with Gasteiger partial charge in [-0.25, -0.2) is 4.79 Å². The van der Waals surface area contributed by atoms with Gasteiger partial charge in [-0.05, 0) is 38.3 Å². The van der Waals surface area contributed by atoms with E-state index >= 15 is 0 Å². The largest absolute Gasteiger partial charge is 0.444 e. The normalized spacial score (nSPS) is 16.7. The third-order valence-electron chi connectivity index (χ3n) is 4.06. The number of rotatable bonds is 2. The number of fused-ring (bicyclic) bond motifs is 1. The predicted octanol–water partition coefficient (Wildman–Crippen LogP) is 3.15. The van der Waals surface area contributed by atoms with Crippen LogP contribution in [-0.4, -0.2) is 52.2 Å². The lowest BCUT2D eigenvalue weighted by Crippen LogP contribution is -2.50. The van der Waals surface area contributed by atoms with E-state index in [9.17, 15) is 4.79 Å². The Bertz CT molecular complexity index is 679. The molecule has 3 rings (SSSR count). The third kappa shape index (κ3) is 3.85. The maximum absolute atomic E-state index is 12.1. The Hall–Kier alpha value is -2.01. The predicted molar refractivity (Wildman–Crippen MR) is 91.3 cm³/mol. The van der Waals surface area contributed by atoms with Crippen molar-refractivity contribution in [1.82, 2.24) is 14.4 Å². The third-order valence-corrected chi connectivity index (χ3v) is 4.06. The zero-order valence-electron chi connectivity index (χ0n) is 14.2. The van der Waals surface area contributed by atoms with Crippen LogP contribution in [0.1, 0.15) is 20.8 Å². The van der Waals surface area contributed by atoms with Crippen LogP contribution in [0.4, 0.5) is 4.79 Å². The number of para-hydroxylation sites is 1. The van der Waals surface area contributed by atoms with Crippen LogP contribution in [-0.2, 0) is 11.4 Å². The summed E-state index contributed by atoms with van der Waals surface area (Å²) >= 11 is 0. The highest BCUT2D eigenvalue weighted by atomic mass is 16.6. The summed E-state index contributed by atoms with van der Waals surface area (Å²) in [5, 5.41) is 1.26. The molecule has 2 heterocycles. The van der Waals surface area contributed by atoms with Gasteiger partial charge in [0.1, 0.15) is 5.60 Å². The molecule has 23 heavy (non-hydrogen) atoms. The van der Waals surface area contributed by atoms with Crippen LogP contribution in [0.25, 0.3) is 10.9 Å². The number of piperazine rings is 1. The monoisotopic (exact) mass is 315 g/mol. The molecule has 5 nitrogen and oxygen atoms in total. The van der Waals surface area contributed by atoms with E-state index in [2.05, 4.69) is 46.0 Å². The molecular formula is C18H25N3O2. The SMILES string of the molecule is CC(C)(C)OC(=O)N1CCN(Cn2ccc3ccccc32)CC1. The fraction of sp³-hybridized carbons (Fsp3) is 0.500. The Labute approximate surface area is 137 Å². The van der Waals surface area contributed by atoms with E-state index in [0.29, 0.717) is 13.1 Å². The number of amides is 1. The van der Waals surface area contributed by atoms with Crippen molar-refractivity contribution in [2.24, 2.45) is 0 Å². The Kier molecular flexibility index (Phi) is 4.31. The molecule has 1 aromatic heterocycles. The minimum Gasteiger partial charge on any atom is -0.444 e. The Morgan fingerprint density at radius 3 is 2.48 bits per heavy atom. The number of nitrogens with zero attached hydrogens (tertiary/aromatic N) is 3. The van der Waals surface area contributed by atoms with E-state index in [0.717, 1.165) is 19.8 Å². The molecule has 1 fully saturated rings. The summed E-state index contributed by atoms with van der Waals surface area (Å²) in [5.41, 5.74) is 0.820. The first kappa shape index (κ1) is 15.9. The molecule has 5 heteroatoms. The Morgan fingerprint density at radius 2 is 1.78 bits per heavy atom. The molecule has 0 aliphatic carbocycles. The van der Waals surface area contributed by atoms with Gasteiger partial charge in [0.05, 0.1) is 6.67 Å². The van der Waals surface area contributed by atoms with Crippen LogP contribution >= 0.6 is 0 Å². The fourth-order valence-electron chi connectivity index (χ4n) is 2.88. The lowest BCUT2D eigenvalue weighted by atomic mass is 10.2. The van der Waals surface area contributed by atoms with Gasteiger partial charge >= 0.3 is 6.09 Å². The fourth-order valence-corrected chi connectivity index (χ4v) is 2.88. The highest BCUT2D eigenvalue weighted by Gasteiger charge is 2.25. The second-order valence-electron chi connectivity index (χ2n) is 7.07. The van der Waals surface area contributed by atoms with Gasteiger partial charge in [-0.1, -0.05) is 18.2 Å². The van der Waals surface area contributed by atoms with E-state index in [1.807, 2.05) is 20.8 Å². The first-order valence-electron chi connectivity index (χ1n) is 8.16. The van der Waals surface area contributed by atoms with Gasteiger partial charge in [-0.3, -0.25) is 4.90 Å². The van der Waals surface area contributed by atoms with E-state index in [-0.39, 0.29) is 6.09 Å². The number of carbonyl (C=O) groups is 1. The zero-order valence-corrected chi connectivity index (χ0v) is 14.2. The number of ether oxygens (including phenoxy) is 1. The second-order valence-corrected chi connectivity index (χ2v) is 7.07. The lowest BCUT2D eigenvalue weighted by molar-refractivity contribution is 0.0120. The summed E-state index contributed by atoms with van der Waals surface area (Å²) < 4.78 is 7.70. The van der Waals surface area contributed by atoms with Crippen molar-refractivity contribution in [1.29, 1.82) is 0 Å². The molecule has 0 saturated carbocycles.